The first-order valence-corrected chi connectivity index (χ1v) is 3.52. The maximum Gasteiger partial charge on any atom is 0.0991 e. The fourth-order valence-electron chi connectivity index (χ4n) is 0.629. The van der Waals surface area contributed by atoms with Crippen molar-refractivity contribution in [2.75, 3.05) is 0 Å². The van der Waals surface area contributed by atoms with Gasteiger partial charge in [-0.2, -0.15) is 5.26 Å². The monoisotopic (exact) mass is 238 g/mol. The van der Waals surface area contributed by atoms with Gasteiger partial charge in [0, 0.05) is 32.7 Å². The molecule has 1 radical (unpaired) electrons. The SMILES string of the molecule is N#Cc1cccc(S[NH-])c1.[Y]. The number of hydrogen-bond acceptors (Lipinski definition) is 2. The summed E-state index contributed by atoms with van der Waals surface area (Å²) in [6, 6.07) is 9.00. The summed E-state index contributed by atoms with van der Waals surface area (Å²) < 4.78 is 0. The van der Waals surface area contributed by atoms with E-state index in [-0.39, 0.29) is 32.7 Å². The summed E-state index contributed by atoms with van der Waals surface area (Å²) >= 11 is 0.897. The Hall–Kier alpha value is 0.124. The molecule has 2 nitrogen and oxygen atoms in total. The number of nitriles is 1. The van der Waals surface area contributed by atoms with Gasteiger partial charge in [0.2, 0.25) is 0 Å². The third-order valence-corrected chi connectivity index (χ3v) is 1.57. The van der Waals surface area contributed by atoms with Crippen molar-refractivity contribution in [1.82, 2.24) is 0 Å². The summed E-state index contributed by atoms with van der Waals surface area (Å²) in [5, 5.41) is 15.4. The number of rotatable bonds is 1. The fraction of sp³-hybridized carbons (Fsp3) is 0. The molecule has 0 atom stereocenters. The van der Waals surface area contributed by atoms with Crippen LogP contribution in [0.1, 0.15) is 5.56 Å². The zero-order valence-electron chi connectivity index (χ0n) is 5.74. The molecule has 4 heteroatoms. The van der Waals surface area contributed by atoms with Crippen LogP contribution in [-0.2, 0) is 32.7 Å². The van der Waals surface area contributed by atoms with Crippen LogP contribution in [0.3, 0.4) is 0 Å². The molecular weight excluding hydrogens is 233 g/mol. The molecule has 0 spiro atoms. The van der Waals surface area contributed by atoms with Gasteiger partial charge in [-0.25, -0.2) is 0 Å². The Bertz CT molecular complexity index is 269. The van der Waals surface area contributed by atoms with E-state index in [0.29, 0.717) is 5.56 Å². The first kappa shape index (κ1) is 11.1. The van der Waals surface area contributed by atoms with Crippen molar-refractivity contribution in [3.63, 3.8) is 0 Å². The van der Waals surface area contributed by atoms with E-state index in [1.165, 1.54) is 0 Å². The van der Waals surface area contributed by atoms with Gasteiger partial charge >= 0.3 is 0 Å². The molecule has 1 rings (SSSR count). The molecule has 0 fully saturated rings. The Balaban J connectivity index is 0.000001000. The van der Waals surface area contributed by atoms with Crippen molar-refractivity contribution < 1.29 is 32.7 Å². The average molecular weight is 238 g/mol. The van der Waals surface area contributed by atoms with Gasteiger partial charge in [-0.15, -0.1) is 0 Å². The van der Waals surface area contributed by atoms with Crippen LogP contribution in [0.5, 0.6) is 0 Å². The molecule has 1 aromatic rings. The Morgan fingerprint density at radius 2 is 2.18 bits per heavy atom. The molecule has 0 saturated heterocycles. The summed E-state index contributed by atoms with van der Waals surface area (Å²) in [5.41, 5.74) is 0.609. The summed E-state index contributed by atoms with van der Waals surface area (Å²) in [7, 11) is 0. The zero-order chi connectivity index (χ0) is 7.40. The van der Waals surface area contributed by atoms with E-state index in [0.717, 1.165) is 16.8 Å². The number of nitrogens with zero attached hydrogens (tertiary/aromatic N) is 1. The van der Waals surface area contributed by atoms with E-state index in [1.807, 2.05) is 6.07 Å². The van der Waals surface area contributed by atoms with Gasteiger partial charge in [0.15, 0.2) is 0 Å². The molecule has 0 amide bonds. The minimum absolute atomic E-state index is 0. The van der Waals surface area contributed by atoms with Gasteiger partial charge < -0.3 is 5.14 Å². The summed E-state index contributed by atoms with van der Waals surface area (Å²) in [6.45, 7) is 0. The largest absolute Gasteiger partial charge is 0.617 e. The van der Waals surface area contributed by atoms with Crippen molar-refractivity contribution in [2.24, 2.45) is 0 Å². The van der Waals surface area contributed by atoms with Crippen molar-refractivity contribution in [1.29, 1.82) is 5.26 Å². The Labute approximate surface area is 95.2 Å². The van der Waals surface area contributed by atoms with Gasteiger partial charge in [-0.1, -0.05) is 12.1 Å². The fourth-order valence-corrected chi connectivity index (χ4v) is 0.962. The molecule has 0 aromatic heterocycles. The topological polar surface area (TPSA) is 47.6 Å². The van der Waals surface area contributed by atoms with Crippen LogP contribution in [0.4, 0.5) is 0 Å². The van der Waals surface area contributed by atoms with Gasteiger partial charge in [0.25, 0.3) is 0 Å². The molecular formula is C7H5N2SY-. The van der Waals surface area contributed by atoms with E-state index >= 15 is 0 Å². The average Bonchev–Trinajstić information content (AvgIpc) is 2.05. The van der Waals surface area contributed by atoms with Crippen LogP contribution in [0, 0.1) is 11.3 Å². The second-order valence-electron chi connectivity index (χ2n) is 1.74. The van der Waals surface area contributed by atoms with Crippen LogP contribution in [0.25, 0.3) is 5.14 Å². The van der Waals surface area contributed by atoms with Crippen molar-refractivity contribution >= 4 is 11.9 Å². The van der Waals surface area contributed by atoms with E-state index < -0.39 is 0 Å². The standard InChI is InChI=1S/C7H5N2S.Y/c8-5-6-2-1-3-7(4-6)10-9;/h1-4,9H;/q-1;. The summed E-state index contributed by atoms with van der Waals surface area (Å²) in [6.07, 6.45) is 0. The van der Waals surface area contributed by atoms with Crippen LogP contribution in [0.2, 0.25) is 0 Å². The summed E-state index contributed by atoms with van der Waals surface area (Å²) in [4.78, 5) is 0.805. The maximum absolute atomic E-state index is 8.44. The maximum atomic E-state index is 8.44. The van der Waals surface area contributed by atoms with Gasteiger partial charge in [0.1, 0.15) is 0 Å². The molecule has 1 aromatic carbocycles. The normalized spacial score (nSPS) is 8.00. The third kappa shape index (κ3) is 3.35. The molecule has 0 bridgehead atoms. The zero-order valence-corrected chi connectivity index (χ0v) is 9.40. The van der Waals surface area contributed by atoms with Crippen molar-refractivity contribution in [3.05, 3.63) is 35.0 Å². The number of hydrogen-bond donors (Lipinski definition) is 0. The Kier molecular flexibility index (Phi) is 5.80. The molecule has 0 heterocycles. The smallest absolute Gasteiger partial charge is 0.0991 e. The predicted octanol–water partition coefficient (Wildman–Crippen LogP) is 2.62. The minimum atomic E-state index is 0. The Morgan fingerprint density at radius 3 is 2.73 bits per heavy atom. The second-order valence-corrected chi connectivity index (χ2v) is 2.42. The molecule has 0 unspecified atom stereocenters. The number of nitrogens with one attached hydrogen (secondary N) is 1. The minimum Gasteiger partial charge on any atom is -0.617 e. The molecule has 0 aliphatic heterocycles. The number of benzene rings is 1. The van der Waals surface area contributed by atoms with Crippen LogP contribution in [-0.4, -0.2) is 0 Å². The van der Waals surface area contributed by atoms with Crippen molar-refractivity contribution in [2.45, 2.75) is 4.90 Å². The predicted molar refractivity (Wildman–Crippen MR) is 41.3 cm³/mol. The molecule has 0 saturated carbocycles. The van der Waals surface area contributed by atoms with Gasteiger partial charge in [-0.3, -0.25) is 11.9 Å². The molecule has 11 heavy (non-hydrogen) atoms. The molecule has 0 aliphatic carbocycles. The Morgan fingerprint density at radius 1 is 1.45 bits per heavy atom. The van der Waals surface area contributed by atoms with E-state index in [9.17, 15) is 0 Å². The van der Waals surface area contributed by atoms with Crippen LogP contribution in [0.15, 0.2) is 29.2 Å². The first-order chi connectivity index (χ1) is 4.86. The molecule has 1 N–H and O–H groups in total. The second kappa shape index (κ2) is 5.73. The van der Waals surface area contributed by atoms with Crippen molar-refractivity contribution in [3.8, 4) is 6.07 Å². The molecule has 53 valence electrons. The van der Waals surface area contributed by atoms with E-state index in [1.54, 1.807) is 24.3 Å². The quantitative estimate of drug-likeness (QED) is 0.706. The van der Waals surface area contributed by atoms with Gasteiger partial charge in [-0.05, 0) is 17.0 Å². The first-order valence-electron chi connectivity index (χ1n) is 2.70. The summed E-state index contributed by atoms with van der Waals surface area (Å²) in [5.74, 6) is 0. The molecule has 0 aliphatic rings. The third-order valence-electron chi connectivity index (χ3n) is 1.08. The van der Waals surface area contributed by atoms with E-state index in [4.69, 9.17) is 10.4 Å². The van der Waals surface area contributed by atoms with Gasteiger partial charge in [0.05, 0.1) is 11.6 Å². The van der Waals surface area contributed by atoms with Crippen LogP contribution >= 0.6 is 11.9 Å². The van der Waals surface area contributed by atoms with E-state index in [2.05, 4.69) is 0 Å². The van der Waals surface area contributed by atoms with Crippen LogP contribution < -0.4 is 0 Å².